The standard InChI is InChI=1S/C14H25NO3/c1-17-13(16)9-18-7-3-2-4-12-10-5-6-11(8-10)14(12)15/h10-12,14H,2-9,15H2,1H3. The van der Waals surface area contributed by atoms with Gasteiger partial charge in [0.1, 0.15) is 6.61 Å². The molecule has 4 nitrogen and oxygen atoms in total. The van der Waals surface area contributed by atoms with Crippen LogP contribution in [0.25, 0.3) is 0 Å². The zero-order valence-corrected chi connectivity index (χ0v) is 11.3. The minimum absolute atomic E-state index is 0.0736. The van der Waals surface area contributed by atoms with E-state index in [1.54, 1.807) is 0 Å². The summed E-state index contributed by atoms with van der Waals surface area (Å²) in [4.78, 5) is 10.8. The Morgan fingerprint density at radius 3 is 2.72 bits per heavy atom. The van der Waals surface area contributed by atoms with Crippen LogP contribution in [0.2, 0.25) is 0 Å². The van der Waals surface area contributed by atoms with Gasteiger partial charge in [0.25, 0.3) is 0 Å². The summed E-state index contributed by atoms with van der Waals surface area (Å²) in [6.45, 7) is 0.718. The first kappa shape index (κ1) is 13.8. The fourth-order valence-electron chi connectivity index (χ4n) is 3.68. The predicted molar refractivity (Wildman–Crippen MR) is 69.0 cm³/mol. The molecule has 4 atom stereocenters. The van der Waals surface area contributed by atoms with Crippen LogP contribution in [0.5, 0.6) is 0 Å². The average Bonchev–Trinajstić information content (AvgIpc) is 2.95. The zero-order valence-electron chi connectivity index (χ0n) is 11.3. The largest absolute Gasteiger partial charge is 0.467 e. The van der Waals surface area contributed by atoms with E-state index >= 15 is 0 Å². The molecule has 0 radical (unpaired) electrons. The molecule has 2 N–H and O–H groups in total. The SMILES string of the molecule is COC(=O)COCCCCC1C2CCC(C2)C1N. The highest BCUT2D eigenvalue weighted by Crippen LogP contribution is 2.49. The van der Waals surface area contributed by atoms with E-state index in [4.69, 9.17) is 10.5 Å². The van der Waals surface area contributed by atoms with Crippen molar-refractivity contribution >= 4 is 5.97 Å². The number of hydrogen-bond acceptors (Lipinski definition) is 4. The monoisotopic (exact) mass is 255 g/mol. The van der Waals surface area contributed by atoms with Gasteiger partial charge in [-0.1, -0.05) is 6.42 Å². The number of hydrogen-bond donors (Lipinski definition) is 1. The lowest BCUT2D eigenvalue weighted by Crippen LogP contribution is -2.35. The van der Waals surface area contributed by atoms with Crippen LogP contribution in [0.3, 0.4) is 0 Å². The number of unbranched alkanes of at least 4 members (excludes halogenated alkanes) is 1. The van der Waals surface area contributed by atoms with Crippen LogP contribution < -0.4 is 5.73 Å². The van der Waals surface area contributed by atoms with Crippen LogP contribution in [0.4, 0.5) is 0 Å². The van der Waals surface area contributed by atoms with Crippen molar-refractivity contribution in [3.05, 3.63) is 0 Å². The minimum atomic E-state index is -0.301. The van der Waals surface area contributed by atoms with E-state index in [1.165, 1.54) is 32.8 Å². The second-order valence-electron chi connectivity index (χ2n) is 5.70. The van der Waals surface area contributed by atoms with Crippen molar-refractivity contribution in [1.82, 2.24) is 0 Å². The first-order valence-corrected chi connectivity index (χ1v) is 7.12. The number of carbonyl (C=O) groups excluding carboxylic acids is 1. The molecule has 4 heteroatoms. The van der Waals surface area contributed by atoms with Crippen molar-refractivity contribution in [3.8, 4) is 0 Å². The fraction of sp³-hybridized carbons (Fsp3) is 0.929. The molecule has 2 bridgehead atoms. The lowest BCUT2D eigenvalue weighted by Gasteiger charge is -2.28. The summed E-state index contributed by atoms with van der Waals surface area (Å²) in [6.07, 6.45) is 7.50. The smallest absolute Gasteiger partial charge is 0.331 e. The number of nitrogens with two attached hydrogens (primary N) is 1. The van der Waals surface area contributed by atoms with Gasteiger partial charge < -0.3 is 15.2 Å². The van der Waals surface area contributed by atoms with E-state index in [1.807, 2.05) is 0 Å². The Morgan fingerprint density at radius 1 is 1.28 bits per heavy atom. The van der Waals surface area contributed by atoms with Crippen LogP contribution in [-0.2, 0) is 14.3 Å². The van der Waals surface area contributed by atoms with Crippen LogP contribution in [0.15, 0.2) is 0 Å². The number of esters is 1. The summed E-state index contributed by atoms with van der Waals surface area (Å²) < 4.78 is 9.74. The first-order valence-electron chi connectivity index (χ1n) is 7.12. The molecule has 2 saturated carbocycles. The van der Waals surface area contributed by atoms with Crippen molar-refractivity contribution in [1.29, 1.82) is 0 Å². The van der Waals surface area contributed by atoms with Gasteiger partial charge in [0.05, 0.1) is 7.11 Å². The van der Waals surface area contributed by atoms with Crippen molar-refractivity contribution < 1.29 is 14.3 Å². The third kappa shape index (κ3) is 3.23. The molecule has 2 fully saturated rings. The van der Waals surface area contributed by atoms with Gasteiger partial charge in [-0.3, -0.25) is 0 Å². The fourth-order valence-corrected chi connectivity index (χ4v) is 3.68. The molecule has 0 aromatic rings. The van der Waals surface area contributed by atoms with Gasteiger partial charge in [-0.2, -0.15) is 0 Å². The highest BCUT2D eigenvalue weighted by atomic mass is 16.6. The van der Waals surface area contributed by atoms with Gasteiger partial charge in [0.15, 0.2) is 0 Å². The van der Waals surface area contributed by atoms with Gasteiger partial charge >= 0.3 is 5.97 Å². The van der Waals surface area contributed by atoms with E-state index in [0.717, 1.165) is 30.6 Å². The van der Waals surface area contributed by atoms with E-state index in [-0.39, 0.29) is 12.6 Å². The highest BCUT2D eigenvalue weighted by molar-refractivity contribution is 5.70. The van der Waals surface area contributed by atoms with E-state index in [0.29, 0.717) is 12.6 Å². The maximum absolute atomic E-state index is 10.8. The highest BCUT2D eigenvalue weighted by Gasteiger charge is 2.44. The second-order valence-corrected chi connectivity index (χ2v) is 5.70. The molecule has 0 spiro atoms. The summed E-state index contributed by atoms with van der Waals surface area (Å²) in [7, 11) is 1.38. The minimum Gasteiger partial charge on any atom is -0.467 e. The summed E-state index contributed by atoms with van der Waals surface area (Å²) in [5.41, 5.74) is 6.27. The molecule has 2 aliphatic rings. The Hall–Kier alpha value is -0.610. The third-order valence-electron chi connectivity index (χ3n) is 4.68. The molecular weight excluding hydrogens is 230 g/mol. The van der Waals surface area contributed by atoms with Gasteiger partial charge in [0, 0.05) is 12.6 Å². The predicted octanol–water partition coefficient (Wildman–Crippen LogP) is 1.72. The van der Waals surface area contributed by atoms with Crippen LogP contribution in [0, 0.1) is 17.8 Å². The third-order valence-corrected chi connectivity index (χ3v) is 4.68. The molecule has 0 aromatic carbocycles. The summed E-state index contributed by atoms with van der Waals surface area (Å²) in [5.74, 6) is 2.13. The van der Waals surface area contributed by atoms with Gasteiger partial charge in [-0.05, 0) is 49.9 Å². The van der Waals surface area contributed by atoms with Crippen molar-refractivity contribution in [3.63, 3.8) is 0 Å². The zero-order chi connectivity index (χ0) is 13.0. The van der Waals surface area contributed by atoms with Crippen LogP contribution in [0.1, 0.15) is 38.5 Å². The number of ether oxygens (including phenoxy) is 2. The Kier molecular flexibility index (Phi) is 5.01. The van der Waals surface area contributed by atoms with E-state index in [2.05, 4.69) is 4.74 Å². The maximum Gasteiger partial charge on any atom is 0.331 e. The Bertz CT molecular complexity index is 280. The molecule has 0 aliphatic heterocycles. The number of rotatable bonds is 7. The maximum atomic E-state index is 10.8. The Balaban J connectivity index is 1.52. The number of carbonyl (C=O) groups is 1. The van der Waals surface area contributed by atoms with E-state index in [9.17, 15) is 4.79 Å². The van der Waals surface area contributed by atoms with Gasteiger partial charge in [-0.25, -0.2) is 4.79 Å². The van der Waals surface area contributed by atoms with Crippen molar-refractivity contribution in [2.45, 2.75) is 44.6 Å². The number of methoxy groups -OCH3 is 1. The molecule has 0 heterocycles. The van der Waals surface area contributed by atoms with Crippen LogP contribution in [-0.4, -0.2) is 32.3 Å². The Morgan fingerprint density at radius 2 is 2.06 bits per heavy atom. The molecule has 104 valence electrons. The summed E-state index contributed by atoms with van der Waals surface area (Å²) in [6, 6.07) is 0.444. The molecule has 2 rings (SSSR count). The lowest BCUT2D eigenvalue weighted by atomic mass is 9.82. The summed E-state index contributed by atoms with van der Waals surface area (Å²) >= 11 is 0. The van der Waals surface area contributed by atoms with Crippen molar-refractivity contribution in [2.24, 2.45) is 23.5 Å². The quantitative estimate of drug-likeness (QED) is 0.556. The molecule has 0 amide bonds. The molecule has 4 unspecified atom stereocenters. The van der Waals surface area contributed by atoms with Crippen molar-refractivity contribution in [2.75, 3.05) is 20.3 Å². The van der Waals surface area contributed by atoms with Crippen LogP contribution >= 0.6 is 0 Å². The van der Waals surface area contributed by atoms with E-state index < -0.39 is 0 Å². The van der Waals surface area contributed by atoms with Gasteiger partial charge in [-0.15, -0.1) is 0 Å². The molecule has 2 aliphatic carbocycles. The summed E-state index contributed by atoms with van der Waals surface area (Å²) in [5, 5.41) is 0. The molecule has 0 saturated heterocycles. The molecule has 0 aromatic heterocycles. The van der Waals surface area contributed by atoms with Gasteiger partial charge in [0.2, 0.25) is 0 Å². The molecule has 18 heavy (non-hydrogen) atoms. The normalized spacial score (nSPS) is 33.9. The topological polar surface area (TPSA) is 61.5 Å². The molecular formula is C14H25NO3. The second kappa shape index (κ2) is 6.53. The Labute approximate surface area is 109 Å². The lowest BCUT2D eigenvalue weighted by molar-refractivity contribution is -0.145. The first-order chi connectivity index (χ1) is 8.72. The number of fused-ring (bicyclic) bond motifs is 2. The average molecular weight is 255 g/mol.